The molecule has 3 aromatic rings. The fourth-order valence-corrected chi connectivity index (χ4v) is 2.58. The van der Waals surface area contributed by atoms with Crippen molar-refractivity contribution in [1.82, 2.24) is 9.78 Å². The Morgan fingerprint density at radius 1 is 1.25 bits per heavy atom. The van der Waals surface area contributed by atoms with E-state index in [1.807, 2.05) is 12.1 Å². The van der Waals surface area contributed by atoms with Crippen molar-refractivity contribution in [1.29, 1.82) is 0 Å². The number of hydrogen-bond donors (Lipinski definition) is 1. The third-order valence-electron chi connectivity index (χ3n) is 3.44. The number of benzene rings is 1. The number of halogens is 1. The summed E-state index contributed by atoms with van der Waals surface area (Å²) in [5.41, 5.74) is 0.764. The predicted octanol–water partition coefficient (Wildman–Crippen LogP) is 3.47. The van der Waals surface area contributed by atoms with Gasteiger partial charge in [0.1, 0.15) is 11.7 Å². The second-order valence-electron chi connectivity index (χ2n) is 5.15. The summed E-state index contributed by atoms with van der Waals surface area (Å²) in [6.07, 6.45) is 1.52. The van der Waals surface area contributed by atoms with Crippen molar-refractivity contribution in [3.63, 3.8) is 0 Å². The van der Waals surface area contributed by atoms with Crippen LogP contribution in [0.25, 0.3) is 11.5 Å². The molecule has 1 N–H and O–H groups in total. The van der Waals surface area contributed by atoms with Gasteiger partial charge in [-0.05, 0) is 43.3 Å². The monoisotopic (exact) mass is 387 g/mol. The Balaban J connectivity index is 1.86. The lowest BCUT2D eigenvalue weighted by atomic mass is 10.2. The van der Waals surface area contributed by atoms with E-state index in [1.165, 1.54) is 12.3 Å². The first-order valence-electron chi connectivity index (χ1n) is 7.25. The lowest BCUT2D eigenvalue weighted by molar-refractivity contribution is -0.119. The molecule has 2 aromatic heterocycles. The van der Waals surface area contributed by atoms with E-state index in [0.717, 1.165) is 9.15 Å². The number of carbonyl (C=O) groups excluding carboxylic acids is 1. The average molecular weight is 388 g/mol. The van der Waals surface area contributed by atoms with E-state index in [-0.39, 0.29) is 11.5 Å². The Labute approximate surface area is 146 Å². The Morgan fingerprint density at radius 2 is 2.08 bits per heavy atom. The molecule has 122 valence electrons. The SMILES string of the molecule is CC(C(=O)Nc1cccc(Br)c1)n1nc(-c2ccco2)ccc1=O. The molecule has 3 rings (SSSR count). The Morgan fingerprint density at radius 3 is 2.79 bits per heavy atom. The van der Waals surface area contributed by atoms with Crippen LogP contribution in [0.4, 0.5) is 5.69 Å². The number of rotatable bonds is 4. The summed E-state index contributed by atoms with van der Waals surface area (Å²) in [4.78, 5) is 24.5. The van der Waals surface area contributed by atoms with Crippen molar-refractivity contribution in [2.24, 2.45) is 0 Å². The molecule has 0 aliphatic rings. The van der Waals surface area contributed by atoms with Crippen LogP contribution in [0.1, 0.15) is 13.0 Å². The summed E-state index contributed by atoms with van der Waals surface area (Å²) < 4.78 is 7.27. The molecule has 0 saturated carbocycles. The number of anilines is 1. The van der Waals surface area contributed by atoms with E-state index in [2.05, 4.69) is 26.3 Å². The van der Waals surface area contributed by atoms with Crippen LogP contribution in [0, 0.1) is 0 Å². The van der Waals surface area contributed by atoms with Gasteiger partial charge in [0.15, 0.2) is 5.76 Å². The summed E-state index contributed by atoms with van der Waals surface area (Å²) in [6, 6.07) is 12.9. The van der Waals surface area contributed by atoms with Crippen molar-refractivity contribution in [2.75, 3.05) is 5.32 Å². The van der Waals surface area contributed by atoms with E-state index < -0.39 is 6.04 Å². The maximum absolute atomic E-state index is 12.4. The quantitative estimate of drug-likeness (QED) is 0.743. The van der Waals surface area contributed by atoms with Gasteiger partial charge in [0, 0.05) is 16.2 Å². The highest BCUT2D eigenvalue weighted by atomic mass is 79.9. The normalized spacial score (nSPS) is 11.9. The highest BCUT2D eigenvalue weighted by Crippen LogP contribution is 2.18. The molecule has 0 fully saturated rings. The van der Waals surface area contributed by atoms with Crippen LogP contribution in [-0.4, -0.2) is 15.7 Å². The molecule has 0 radical (unpaired) electrons. The molecular weight excluding hydrogens is 374 g/mol. The number of nitrogens with one attached hydrogen (secondary N) is 1. The first-order valence-corrected chi connectivity index (χ1v) is 8.04. The van der Waals surface area contributed by atoms with Crippen LogP contribution in [0.3, 0.4) is 0 Å². The molecule has 0 bridgehead atoms. The maximum Gasteiger partial charge on any atom is 0.267 e. The van der Waals surface area contributed by atoms with Gasteiger partial charge in [0.25, 0.3) is 5.56 Å². The molecule has 0 spiro atoms. The van der Waals surface area contributed by atoms with Crippen LogP contribution < -0.4 is 10.9 Å². The topological polar surface area (TPSA) is 77.1 Å². The third-order valence-corrected chi connectivity index (χ3v) is 3.93. The van der Waals surface area contributed by atoms with E-state index in [0.29, 0.717) is 17.1 Å². The molecule has 7 heteroatoms. The van der Waals surface area contributed by atoms with Crippen LogP contribution in [0.5, 0.6) is 0 Å². The van der Waals surface area contributed by atoms with Gasteiger partial charge in [-0.3, -0.25) is 9.59 Å². The van der Waals surface area contributed by atoms with E-state index in [1.54, 1.807) is 37.3 Å². The second-order valence-corrected chi connectivity index (χ2v) is 6.07. The molecule has 2 heterocycles. The van der Waals surface area contributed by atoms with Gasteiger partial charge in [0.05, 0.1) is 6.26 Å². The first-order chi connectivity index (χ1) is 11.5. The number of furan rings is 1. The van der Waals surface area contributed by atoms with Crippen LogP contribution >= 0.6 is 15.9 Å². The summed E-state index contributed by atoms with van der Waals surface area (Å²) in [5.74, 6) is 0.197. The molecule has 24 heavy (non-hydrogen) atoms. The Hall–Kier alpha value is -2.67. The average Bonchev–Trinajstić information content (AvgIpc) is 3.09. The van der Waals surface area contributed by atoms with E-state index >= 15 is 0 Å². The maximum atomic E-state index is 12.4. The molecular formula is C17H14BrN3O3. The van der Waals surface area contributed by atoms with Gasteiger partial charge in [-0.1, -0.05) is 22.0 Å². The van der Waals surface area contributed by atoms with Crippen molar-refractivity contribution < 1.29 is 9.21 Å². The van der Waals surface area contributed by atoms with Gasteiger partial charge in [0.2, 0.25) is 5.91 Å². The molecule has 6 nitrogen and oxygen atoms in total. The molecule has 1 amide bonds. The van der Waals surface area contributed by atoms with Crippen molar-refractivity contribution in [2.45, 2.75) is 13.0 Å². The molecule has 0 saturated heterocycles. The zero-order valence-electron chi connectivity index (χ0n) is 12.8. The fourth-order valence-electron chi connectivity index (χ4n) is 2.18. The minimum atomic E-state index is -0.772. The first kappa shape index (κ1) is 16.2. The Bertz CT molecular complexity index is 919. The largest absolute Gasteiger partial charge is 0.463 e. The zero-order valence-corrected chi connectivity index (χ0v) is 14.4. The fraction of sp³-hybridized carbons (Fsp3) is 0.118. The predicted molar refractivity (Wildman–Crippen MR) is 93.7 cm³/mol. The summed E-state index contributed by atoms with van der Waals surface area (Å²) >= 11 is 3.35. The van der Waals surface area contributed by atoms with E-state index in [4.69, 9.17) is 4.42 Å². The molecule has 0 aliphatic carbocycles. The second kappa shape index (κ2) is 6.84. The van der Waals surface area contributed by atoms with Crippen molar-refractivity contribution >= 4 is 27.5 Å². The minimum Gasteiger partial charge on any atom is -0.463 e. The standard InChI is InChI=1S/C17H14BrN3O3/c1-11(17(23)19-13-5-2-4-12(18)10-13)21-16(22)8-7-14(20-21)15-6-3-9-24-15/h2-11H,1H3,(H,19,23). The van der Waals surface area contributed by atoms with Gasteiger partial charge in [-0.2, -0.15) is 5.10 Å². The van der Waals surface area contributed by atoms with Gasteiger partial charge >= 0.3 is 0 Å². The van der Waals surface area contributed by atoms with Gasteiger partial charge in [-0.15, -0.1) is 0 Å². The smallest absolute Gasteiger partial charge is 0.267 e. The lowest BCUT2D eigenvalue weighted by Crippen LogP contribution is -2.33. The van der Waals surface area contributed by atoms with Crippen molar-refractivity contribution in [3.8, 4) is 11.5 Å². The van der Waals surface area contributed by atoms with Crippen LogP contribution in [-0.2, 0) is 4.79 Å². The number of carbonyl (C=O) groups is 1. The lowest BCUT2D eigenvalue weighted by Gasteiger charge is -2.14. The number of nitrogens with zero attached hydrogens (tertiary/aromatic N) is 2. The molecule has 1 atom stereocenters. The highest BCUT2D eigenvalue weighted by Gasteiger charge is 2.18. The van der Waals surface area contributed by atoms with Crippen LogP contribution in [0.15, 0.2) is 68.5 Å². The number of hydrogen-bond acceptors (Lipinski definition) is 4. The molecule has 0 aliphatic heterocycles. The molecule has 1 unspecified atom stereocenters. The minimum absolute atomic E-state index is 0.334. The number of aromatic nitrogens is 2. The summed E-state index contributed by atoms with van der Waals surface area (Å²) in [6.45, 7) is 1.62. The third kappa shape index (κ3) is 3.46. The summed E-state index contributed by atoms with van der Waals surface area (Å²) in [7, 11) is 0. The highest BCUT2D eigenvalue weighted by molar-refractivity contribution is 9.10. The summed E-state index contributed by atoms with van der Waals surface area (Å²) in [5, 5.41) is 7.01. The number of amides is 1. The Kier molecular flexibility index (Phi) is 4.61. The molecule has 1 aromatic carbocycles. The van der Waals surface area contributed by atoms with Gasteiger partial charge < -0.3 is 9.73 Å². The zero-order chi connectivity index (χ0) is 17.1. The van der Waals surface area contributed by atoms with Crippen molar-refractivity contribution in [3.05, 3.63) is 69.6 Å². The van der Waals surface area contributed by atoms with Gasteiger partial charge in [-0.25, -0.2) is 4.68 Å². The van der Waals surface area contributed by atoms with E-state index in [9.17, 15) is 9.59 Å². The van der Waals surface area contributed by atoms with Crippen LogP contribution in [0.2, 0.25) is 0 Å².